The van der Waals surface area contributed by atoms with Crippen LogP contribution in [0, 0.1) is 0 Å². The molecule has 9 N–H and O–H groups in total. The lowest BCUT2D eigenvalue weighted by molar-refractivity contribution is -0.135. The van der Waals surface area contributed by atoms with Crippen molar-refractivity contribution < 1.29 is 9.53 Å². The van der Waals surface area contributed by atoms with Gasteiger partial charge in [0.1, 0.15) is 5.75 Å². The fourth-order valence-electron chi connectivity index (χ4n) is 5.20. The van der Waals surface area contributed by atoms with Gasteiger partial charge in [-0.15, -0.1) is 0 Å². The molecule has 3 aliphatic heterocycles. The van der Waals surface area contributed by atoms with Crippen molar-refractivity contribution in [2.75, 3.05) is 41.3 Å². The molecule has 0 bridgehead atoms. The highest BCUT2D eigenvalue weighted by molar-refractivity contribution is 5.77. The standard InChI is InChI=1S/C23H34N10O2/c1-12-4-20(34)35-19-7-16(2-3-18(12)19)28-21-29-22(32-9-13(25)5-14(26)10-32)31-23(30-21)33-11-15(27)6-17(33)8-24/h2-3,7,12-15,17H,4-6,8-11,24-27H2,1H3,(H,28,29,30,31)/t12?,13-,14+,15-,17-/m0/s1. The zero-order valence-corrected chi connectivity index (χ0v) is 19.9. The van der Waals surface area contributed by atoms with Gasteiger partial charge in [0.05, 0.1) is 6.42 Å². The summed E-state index contributed by atoms with van der Waals surface area (Å²) in [7, 11) is 0. The summed E-state index contributed by atoms with van der Waals surface area (Å²) in [5.41, 5.74) is 26.4. The van der Waals surface area contributed by atoms with E-state index in [1.807, 2.05) is 28.9 Å². The second-order valence-electron chi connectivity index (χ2n) is 9.91. The first-order valence-corrected chi connectivity index (χ1v) is 12.1. The van der Waals surface area contributed by atoms with Crippen LogP contribution in [0.25, 0.3) is 0 Å². The van der Waals surface area contributed by atoms with Gasteiger partial charge in [0.15, 0.2) is 0 Å². The number of ether oxygens (including phenoxy) is 1. The van der Waals surface area contributed by atoms with E-state index in [2.05, 4.69) is 10.3 Å². The van der Waals surface area contributed by atoms with Crippen LogP contribution in [0.3, 0.4) is 0 Å². The molecule has 5 atom stereocenters. The molecule has 0 spiro atoms. The molecule has 0 saturated carbocycles. The van der Waals surface area contributed by atoms with E-state index >= 15 is 0 Å². The minimum atomic E-state index is -0.233. The molecule has 3 aliphatic rings. The third-order valence-electron chi connectivity index (χ3n) is 6.88. The number of carbonyl (C=O) groups excluding carboxylic acids is 1. The van der Waals surface area contributed by atoms with Crippen molar-refractivity contribution in [3.8, 4) is 5.75 Å². The van der Waals surface area contributed by atoms with E-state index in [1.165, 1.54) is 0 Å². The van der Waals surface area contributed by atoms with Crippen LogP contribution in [-0.4, -0.2) is 71.3 Å². The van der Waals surface area contributed by atoms with Gasteiger partial charge in [0.2, 0.25) is 17.8 Å². The molecule has 1 aromatic heterocycles. The molecule has 1 unspecified atom stereocenters. The zero-order chi connectivity index (χ0) is 24.7. The van der Waals surface area contributed by atoms with Crippen LogP contribution >= 0.6 is 0 Å². The number of carbonyl (C=O) groups is 1. The maximum absolute atomic E-state index is 11.9. The molecule has 12 heteroatoms. The third-order valence-corrected chi connectivity index (χ3v) is 6.88. The van der Waals surface area contributed by atoms with Gasteiger partial charge in [-0.05, 0) is 30.4 Å². The number of piperidine rings is 1. The van der Waals surface area contributed by atoms with Crippen LogP contribution in [-0.2, 0) is 4.79 Å². The first-order valence-electron chi connectivity index (χ1n) is 12.1. The summed E-state index contributed by atoms with van der Waals surface area (Å²) in [6, 6.07) is 5.60. The number of rotatable bonds is 5. The Morgan fingerprint density at radius 2 is 1.74 bits per heavy atom. The molecule has 35 heavy (non-hydrogen) atoms. The number of nitrogens with one attached hydrogen (secondary N) is 1. The minimum Gasteiger partial charge on any atom is -0.426 e. The van der Waals surface area contributed by atoms with E-state index in [0.717, 1.165) is 18.4 Å². The lowest BCUT2D eigenvalue weighted by atomic mass is 9.94. The van der Waals surface area contributed by atoms with Gasteiger partial charge >= 0.3 is 5.97 Å². The Balaban J connectivity index is 1.49. The molecule has 4 heterocycles. The van der Waals surface area contributed by atoms with Gasteiger partial charge in [-0.1, -0.05) is 13.0 Å². The maximum atomic E-state index is 11.9. The summed E-state index contributed by atoms with van der Waals surface area (Å²) in [6.45, 7) is 4.27. The normalized spacial score (nSPS) is 28.6. The molecular weight excluding hydrogens is 448 g/mol. The Bertz CT molecular complexity index is 1090. The molecule has 5 rings (SSSR count). The van der Waals surface area contributed by atoms with Crippen molar-refractivity contribution in [1.29, 1.82) is 0 Å². The average Bonchev–Trinajstić information content (AvgIpc) is 3.18. The van der Waals surface area contributed by atoms with E-state index in [4.69, 9.17) is 37.6 Å². The fourth-order valence-corrected chi connectivity index (χ4v) is 5.20. The number of aromatic nitrogens is 3. The van der Waals surface area contributed by atoms with Crippen LogP contribution in [0.2, 0.25) is 0 Å². The number of nitrogens with two attached hydrogens (primary N) is 4. The molecule has 188 valence electrons. The quantitative estimate of drug-likeness (QED) is 0.278. The Labute approximate surface area is 204 Å². The number of anilines is 4. The number of esters is 1. The molecular formula is C23H34N10O2. The number of benzene rings is 1. The highest BCUT2D eigenvalue weighted by Gasteiger charge is 2.33. The smallest absolute Gasteiger partial charge is 0.311 e. The maximum Gasteiger partial charge on any atom is 0.311 e. The number of nitrogens with zero attached hydrogens (tertiary/aromatic N) is 5. The molecule has 0 aliphatic carbocycles. The molecule has 0 radical (unpaired) electrons. The van der Waals surface area contributed by atoms with Crippen molar-refractivity contribution in [3.05, 3.63) is 23.8 Å². The molecule has 2 saturated heterocycles. The van der Waals surface area contributed by atoms with Crippen molar-refractivity contribution in [2.45, 2.75) is 56.3 Å². The molecule has 2 aromatic rings. The number of hydrogen-bond acceptors (Lipinski definition) is 12. The Morgan fingerprint density at radius 3 is 2.49 bits per heavy atom. The molecule has 12 nitrogen and oxygen atoms in total. The van der Waals surface area contributed by atoms with Crippen LogP contribution in [0.5, 0.6) is 5.75 Å². The fraction of sp³-hybridized carbons (Fsp3) is 0.565. The Morgan fingerprint density at radius 1 is 1.03 bits per heavy atom. The van der Waals surface area contributed by atoms with Gasteiger partial charge in [-0.25, -0.2) is 0 Å². The first-order chi connectivity index (χ1) is 16.8. The van der Waals surface area contributed by atoms with Gasteiger partial charge in [-0.2, -0.15) is 15.0 Å². The summed E-state index contributed by atoms with van der Waals surface area (Å²) >= 11 is 0. The van der Waals surface area contributed by atoms with E-state index in [9.17, 15) is 4.79 Å². The van der Waals surface area contributed by atoms with E-state index < -0.39 is 0 Å². The average molecular weight is 483 g/mol. The van der Waals surface area contributed by atoms with Crippen LogP contribution < -0.4 is 42.8 Å². The summed E-state index contributed by atoms with van der Waals surface area (Å²) in [5.74, 6) is 1.79. The molecule has 0 amide bonds. The highest BCUT2D eigenvalue weighted by Crippen LogP contribution is 2.36. The minimum absolute atomic E-state index is 0.00525. The first kappa shape index (κ1) is 23.7. The van der Waals surface area contributed by atoms with Gasteiger partial charge < -0.3 is 42.8 Å². The van der Waals surface area contributed by atoms with Crippen molar-refractivity contribution in [1.82, 2.24) is 15.0 Å². The summed E-state index contributed by atoms with van der Waals surface area (Å²) in [6.07, 6.45) is 1.90. The third kappa shape index (κ3) is 5.01. The van der Waals surface area contributed by atoms with E-state index in [1.54, 1.807) is 6.07 Å². The highest BCUT2D eigenvalue weighted by atomic mass is 16.5. The SMILES string of the molecule is CC1CC(=O)Oc2cc(Nc3nc(N4C[C@H](N)C[C@H](N)C4)nc(N4C[C@@H](N)C[C@H]4CN)n3)ccc21. The van der Waals surface area contributed by atoms with Crippen LogP contribution in [0.1, 0.15) is 37.7 Å². The topological polar surface area (TPSA) is 188 Å². The lowest BCUT2D eigenvalue weighted by Crippen LogP contribution is -2.53. The predicted octanol–water partition coefficient (Wildman–Crippen LogP) is -0.243. The largest absolute Gasteiger partial charge is 0.426 e. The Kier molecular flexibility index (Phi) is 6.45. The zero-order valence-electron chi connectivity index (χ0n) is 19.9. The van der Waals surface area contributed by atoms with Gasteiger partial charge in [0, 0.05) is 62.1 Å². The van der Waals surface area contributed by atoms with Crippen LogP contribution in [0.15, 0.2) is 18.2 Å². The summed E-state index contributed by atoms with van der Waals surface area (Å²) in [5, 5.41) is 3.26. The summed E-state index contributed by atoms with van der Waals surface area (Å²) < 4.78 is 5.46. The van der Waals surface area contributed by atoms with E-state index in [0.29, 0.717) is 61.9 Å². The second-order valence-corrected chi connectivity index (χ2v) is 9.91. The number of hydrogen-bond donors (Lipinski definition) is 5. The lowest BCUT2D eigenvalue weighted by Gasteiger charge is -2.35. The predicted molar refractivity (Wildman–Crippen MR) is 134 cm³/mol. The van der Waals surface area contributed by atoms with Gasteiger partial charge in [0.25, 0.3) is 0 Å². The summed E-state index contributed by atoms with van der Waals surface area (Å²) in [4.78, 5) is 30.1. The van der Waals surface area contributed by atoms with Gasteiger partial charge in [-0.3, -0.25) is 4.79 Å². The van der Waals surface area contributed by atoms with Crippen molar-refractivity contribution >= 4 is 29.5 Å². The molecule has 2 fully saturated rings. The van der Waals surface area contributed by atoms with E-state index in [-0.39, 0.29) is 36.1 Å². The second kappa shape index (κ2) is 9.53. The monoisotopic (exact) mass is 482 g/mol. The Hall–Kier alpha value is -3.06. The van der Waals surface area contributed by atoms with Crippen molar-refractivity contribution in [3.63, 3.8) is 0 Å². The van der Waals surface area contributed by atoms with Crippen molar-refractivity contribution in [2.24, 2.45) is 22.9 Å². The molecule has 1 aromatic carbocycles. The number of fused-ring (bicyclic) bond motifs is 1. The van der Waals surface area contributed by atoms with Crippen LogP contribution in [0.4, 0.5) is 23.5 Å².